The first-order valence-corrected chi connectivity index (χ1v) is 5.01. The number of nitriles is 2. The van der Waals surface area contributed by atoms with Crippen molar-refractivity contribution < 1.29 is 4.74 Å². The second-order valence-electron chi connectivity index (χ2n) is 3.32. The van der Waals surface area contributed by atoms with Crippen LogP contribution in [0.5, 0.6) is 11.5 Å². The second kappa shape index (κ2) is 4.83. The van der Waals surface area contributed by atoms with Gasteiger partial charge in [0.05, 0.1) is 5.56 Å². The maximum atomic E-state index is 9.03. The summed E-state index contributed by atoms with van der Waals surface area (Å²) in [5.74, 6) is 1.04. The van der Waals surface area contributed by atoms with Gasteiger partial charge in [-0.3, -0.25) is 0 Å². The third kappa shape index (κ3) is 2.25. The summed E-state index contributed by atoms with van der Waals surface area (Å²) < 4.78 is 5.57. The lowest BCUT2D eigenvalue weighted by atomic mass is 10.1. The number of para-hydroxylation sites is 1. The Bertz CT molecular complexity index is 606. The smallest absolute Gasteiger partial charge is 0.146 e. The summed E-state index contributed by atoms with van der Waals surface area (Å²) in [7, 11) is 0. The third-order valence-corrected chi connectivity index (χ3v) is 2.23. The molecule has 0 radical (unpaired) electrons. The van der Waals surface area contributed by atoms with Gasteiger partial charge in [0.15, 0.2) is 0 Å². The van der Waals surface area contributed by atoms with Crippen molar-refractivity contribution in [2.45, 2.75) is 0 Å². The molecule has 0 saturated carbocycles. The highest BCUT2D eigenvalue weighted by Gasteiger charge is 2.09. The van der Waals surface area contributed by atoms with Crippen molar-refractivity contribution in [1.29, 1.82) is 10.5 Å². The number of hydrogen-bond donors (Lipinski definition) is 0. The summed E-state index contributed by atoms with van der Waals surface area (Å²) in [5, 5.41) is 17.9. The lowest BCUT2D eigenvalue weighted by Gasteiger charge is -2.07. The number of benzene rings is 2. The van der Waals surface area contributed by atoms with Crippen LogP contribution < -0.4 is 4.74 Å². The zero-order valence-electron chi connectivity index (χ0n) is 8.92. The molecule has 0 saturated heterocycles. The normalized spacial score (nSPS) is 9.06. The summed E-state index contributed by atoms with van der Waals surface area (Å²) in [5.41, 5.74) is 0.583. The predicted octanol–water partition coefficient (Wildman–Crippen LogP) is 3.22. The molecule has 80 valence electrons. The summed E-state index contributed by atoms with van der Waals surface area (Å²) in [6.45, 7) is 0. The topological polar surface area (TPSA) is 56.8 Å². The molecule has 17 heavy (non-hydrogen) atoms. The molecule has 0 heterocycles. The summed E-state index contributed by atoms with van der Waals surface area (Å²) in [4.78, 5) is 0. The fraction of sp³-hybridized carbons (Fsp3) is 0. The van der Waals surface area contributed by atoms with Gasteiger partial charge in [-0.15, -0.1) is 0 Å². The van der Waals surface area contributed by atoms with E-state index in [2.05, 4.69) is 0 Å². The first-order chi connectivity index (χ1) is 8.35. The molecular formula is C14H8N2O. The van der Waals surface area contributed by atoms with Gasteiger partial charge in [-0.2, -0.15) is 10.5 Å². The number of ether oxygens (including phenoxy) is 1. The first-order valence-electron chi connectivity index (χ1n) is 5.01. The van der Waals surface area contributed by atoms with E-state index in [-0.39, 0.29) is 5.56 Å². The first kappa shape index (κ1) is 10.7. The van der Waals surface area contributed by atoms with Crippen LogP contribution in [0.1, 0.15) is 11.1 Å². The van der Waals surface area contributed by atoms with Crippen LogP contribution in [0.3, 0.4) is 0 Å². The minimum Gasteiger partial charge on any atom is -0.456 e. The molecule has 0 aliphatic heterocycles. The zero-order chi connectivity index (χ0) is 12.1. The van der Waals surface area contributed by atoms with Crippen molar-refractivity contribution in [2.75, 3.05) is 0 Å². The highest BCUT2D eigenvalue weighted by atomic mass is 16.5. The van der Waals surface area contributed by atoms with E-state index in [9.17, 15) is 0 Å². The standard InChI is InChI=1S/C14H8N2O/c15-9-11-5-4-8-14(13(11)10-16)17-12-6-2-1-3-7-12/h1-8H. The highest BCUT2D eigenvalue weighted by molar-refractivity contribution is 5.54. The average Bonchev–Trinajstić information content (AvgIpc) is 2.39. The fourth-order valence-electron chi connectivity index (χ4n) is 1.44. The molecule has 2 aromatic rings. The Labute approximate surface area is 99.1 Å². The SMILES string of the molecule is N#Cc1cccc(Oc2ccccc2)c1C#N. The molecule has 3 heteroatoms. The van der Waals surface area contributed by atoms with E-state index >= 15 is 0 Å². The molecule has 0 aromatic heterocycles. The van der Waals surface area contributed by atoms with E-state index in [0.717, 1.165) is 0 Å². The molecule has 0 N–H and O–H groups in total. The molecule has 0 unspecified atom stereocenters. The lowest BCUT2D eigenvalue weighted by molar-refractivity contribution is 0.481. The van der Waals surface area contributed by atoms with Crippen LogP contribution in [0.4, 0.5) is 0 Å². The highest BCUT2D eigenvalue weighted by Crippen LogP contribution is 2.26. The van der Waals surface area contributed by atoms with Gasteiger partial charge in [-0.1, -0.05) is 24.3 Å². The van der Waals surface area contributed by atoms with Crippen molar-refractivity contribution in [2.24, 2.45) is 0 Å². The van der Waals surface area contributed by atoms with E-state index in [0.29, 0.717) is 17.1 Å². The van der Waals surface area contributed by atoms with Crippen molar-refractivity contribution in [3.8, 4) is 23.6 Å². The van der Waals surface area contributed by atoms with E-state index in [1.807, 2.05) is 30.3 Å². The van der Waals surface area contributed by atoms with Gasteiger partial charge < -0.3 is 4.74 Å². The van der Waals surface area contributed by atoms with E-state index in [1.165, 1.54) is 0 Å². The average molecular weight is 220 g/mol. The van der Waals surface area contributed by atoms with Gasteiger partial charge in [0.1, 0.15) is 29.2 Å². The van der Waals surface area contributed by atoms with Gasteiger partial charge in [-0.25, -0.2) is 0 Å². The van der Waals surface area contributed by atoms with E-state index in [1.54, 1.807) is 30.3 Å². The van der Waals surface area contributed by atoms with Crippen LogP contribution >= 0.6 is 0 Å². The summed E-state index contributed by atoms with van der Waals surface area (Å²) >= 11 is 0. The Balaban J connectivity index is 2.41. The van der Waals surface area contributed by atoms with Crippen molar-refractivity contribution in [1.82, 2.24) is 0 Å². The number of nitrogens with zero attached hydrogens (tertiary/aromatic N) is 2. The fourth-order valence-corrected chi connectivity index (χ4v) is 1.44. The Morgan fingerprint density at radius 1 is 0.824 bits per heavy atom. The molecule has 0 aliphatic rings. The Hall–Kier alpha value is -2.78. The largest absolute Gasteiger partial charge is 0.456 e. The number of hydrogen-bond acceptors (Lipinski definition) is 3. The van der Waals surface area contributed by atoms with Gasteiger partial charge in [-0.05, 0) is 24.3 Å². The maximum absolute atomic E-state index is 9.03. The van der Waals surface area contributed by atoms with Crippen LogP contribution in [0.2, 0.25) is 0 Å². The van der Waals surface area contributed by atoms with Gasteiger partial charge in [0, 0.05) is 0 Å². The van der Waals surface area contributed by atoms with Gasteiger partial charge in [0.2, 0.25) is 0 Å². The molecule has 0 amide bonds. The van der Waals surface area contributed by atoms with Crippen LogP contribution in [-0.2, 0) is 0 Å². The molecule has 0 atom stereocenters. The zero-order valence-corrected chi connectivity index (χ0v) is 8.92. The van der Waals surface area contributed by atoms with Crippen molar-refractivity contribution in [3.05, 3.63) is 59.7 Å². The van der Waals surface area contributed by atoms with Crippen LogP contribution in [0, 0.1) is 22.7 Å². The maximum Gasteiger partial charge on any atom is 0.146 e. The molecule has 2 aromatic carbocycles. The lowest BCUT2D eigenvalue weighted by Crippen LogP contribution is -1.91. The van der Waals surface area contributed by atoms with E-state index in [4.69, 9.17) is 15.3 Å². The van der Waals surface area contributed by atoms with Gasteiger partial charge >= 0.3 is 0 Å². The molecular weight excluding hydrogens is 212 g/mol. The summed E-state index contributed by atoms with van der Waals surface area (Å²) in [6, 6.07) is 18.1. The van der Waals surface area contributed by atoms with Crippen molar-refractivity contribution >= 4 is 0 Å². The molecule has 2 rings (SSSR count). The molecule has 0 aliphatic carbocycles. The number of rotatable bonds is 2. The van der Waals surface area contributed by atoms with E-state index < -0.39 is 0 Å². The van der Waals surface area contributed by atoms with Crippen LogP contribution in [-0.4, -0.2) is 0 Å². The Kier molecular flexibility index (Phi) is 3.05. The summed E-state index contributed by atoms with van der Waals surface area (Å²) in [6.07, 6.45) is 0. The Morgan fingerprint density at radius 3 is 2.24 bits per heavy atom. The third-order valence-electron chi connectivity index (χ3n) is 2.23. The van der Waals surface area contributed by atoms with Crippen molar-refractivity contribution in [3.63, 3.8) is 0 Å². The molecule has 0 spiro atoms. The van der Waals surface area contributed by atoms with Crippen LogP contribution in [0.25, 0.3) is 0 Å². The monoisotopic (exact) mass is 220 g/mol. The minimum atomic E-state index is 0.263. The van der Waals surface area contributed by atoms with Crippen LogP contribution in [0.15, 0.2) is 48.5 Å². The molecule has 0 fully saturated rings. The Morgan fingerprint density at radius 2 is 1.59 bits per heavy atom. The predicted molar refractivity (Wildman–Crippen MR) is 62.4 cm³/mol. The quantitative estimate of drug-likeness (QED) is 0.780. The second-order valence-corrected chi connectivity index (χ2v) is 3.32. The molecule has 0 bridgehead atoms. The molecule has 3 nitrogen and oxygen atoms in total. The van der Waals surface area contributed by atoms with Gasteiger partial charge in [0.25, 0.3) is 0 Å². The minimum absolute atomic E-state index is 0.263.